The fourth-order valence-corrected chi connectivity index (χ4v) is 4.12. The first-order chi connectivity index (χ1) is 17.0. The summed E-state index contributed by atoms with van der Waals surface area (Å²) < 4.78 is 11.7. The van der Waals surface area contributed by atoms with Crippen molar-refractivity contribution in [1.29, 1.82) is 5.26 Å². The SMILES string of the molecule is COc1cccc(/C=C(\C#N)C(=O)Nc2c(Cl)cccc2Cl)c1OCc1cccc2ccccc12. The lowest BCUT2D eigenvalue weighted by atomic mass is 10.1. The number of carbonyl (C=O) groups is 1. The van der Waals surface area contributed by atoms with Crippen LogP contribution in [0.4, 0.5) is 5.69 Å². The maximum absolute atomic E-state index is 12.9. The lowest BCUT2D eigenvalue weighted by Gasteiger charge is -2.15. The molecule has 0 bridgehead atoms. The summed E-state index contributed by atoms with van der Waals surface area (Å²) in [5, 5.41) is 15.0. The average molecular weight is 503 g/mol. The Hall–Kier alpha value is -3.98. The number of methoxy groups -OCH3 is 1. The van der Waals surface area contributed by atoms with Crippen LogP contribution in [0.25, 0.3) is 16.8 Å². The molecule has 0 radical (unpaired) electrons. The molecule has 7 heteroatoms. The lowest BCUT2D eigenvalue weighted by molar-refractivity contribution is -0.112. The summed E-state index contributed by atoms with van der Waals surface area (Å²) in [7, 11) is 1.53. The van der Waals surface area contributed by atoms with E-state index in [2.05, 4.69) is 5.32 Å². The molecule has 0 heterocycles. The molecule has 174 valence electrons. The first-order valence-corrected chi connectivity index (χ1v) is 11.4. The van der Waals surface area contributed by atoms with E-state index in [0.717, 1.165) is 16.3 Å². The van der Waals surface area contributed by atoms with Crippen LogP contribution < -0.4 is 14.8 Å². The molecule has 0 aromatic heterocycles. The zero-order valence-corrected chi connectivity index (χ0v) is 20.2. The topological polar surface area (TPSA) is 71.3 Å². The van der Waals surface area contributed by atoms with E-state index in [1.165, 1.54) is 13.2 Å². The third-order valence-corrected chi connectivity index (χ3v) is 5.98. The van der Waals surface area contributed by atoms with E-state index in [-0.39, 0.29) is 27.9 Å². The number of hydrogen-bond donors (Lipinski definition) is 1. The van der Waals surface area contributed by atoms with E-state index in [9.17, 15) is 10.1 Å². The molecule has 4 aromatic carbocycles. The van der Waals surface area contributed by atoms with Gasteiger partial charge in [-0.05, 0) is 40.6 Å². The zero-order valence-electron chi connectivity index (χ0n) is 18.7. The Kier molecular flexibility index (Phi) is 7.57. The molecule has 4 rings (SSSR count). The van der Waals surface area contributed by atoms with Crippen LogP contribution >= 0.6 is 23.2 Å². The Labute approximate surface area is 213 Å². The summed E-state index contributed by atoms with van der Waals surface area (Å²) in [6.45, 7) is 0.270. The van der Waals surface area contributed by atoms with Gasteiger partial charge in [-0.25, -0.2) is 0 Å². The van der Waals surface area contributed by atoms with Crippen molar-refractivity contribution < 1.29 is 14.3 Å². The number of fused-ring (bicyclic) bond motifs is 1. The third-order valence-electron chi connectivity index (χ3n) is 5.35. The highest BCUT2D eigenvalue weighted by atomic mass is 35.5. The zero-order chi connectivity index (χ0) is 24.8. The molecule has 4 aromatic rings. The van der Waals surface area contributed by atoms with E-state index in [0.29, 0.717) is 17.1 Å². The molecule has 0 aliphatic carbocycles. The average Bonchev–Trinajstić information content (AvgIpc) is 2.88. The number of anilines is 1. The van der Waals surface area contributed by atoms with Gasteiger partial charge in [0, 0.05) is 5.56 Å². The highest BCUT2D eigenvalue weighted by molar-refractivity contribution is 6.40. The van der Waals surface area contributed by atoms with Crippen molar-refractivity contribution in [3.05, 3.63) is 106 Å². The second-order valence-electron chi connectivity index (χ2n) is 7.53. The van der Waals surface area contributed by atoms with Gasteiger partial charge in [0.15, 0.2) is 11.5 Å². The maximum Gasteiger partial charge on any atom is 0.266 e. The molecule has 0 spiro atoms. The minimum Gasteiger partial charge on any atom is -0.493 e. The van der Waals surface area contributed by atoms with E-state index < -0.39 is 5.91 Å². The number of nitrogens with zero attached hydrogens (tertiary/aromatic N) is 1. The predicted molar refractivity (Wildman–Crippen MR) is 140 cm³/mol. The molecule has 35 heavy (non-hydrogen) atoms. The van der Waals surface area contributed by atoms with E-state index in [1.54, 1.807) is 36.4 Å². The van der Waals surface area contributed by atoms with Crippen molar-refractivity contribution >= 4 is 51.6 Å². The fraction of sp³-hybridized carbons (Fsp3) is 0.0714. The van der Waals surface area contributed by atoms with Gasteiger partial charge in [-0.15, -0.1) is 0 Å². The summed E-state index contributed by atoms with van der Waals surface area (Å²) in [5.74, 6) is 0.246. The Bertz CT molecular complexity index is 1450. The van der Waals surface area contributed by atoms with Crippen LogP contribution in [-0.2, 0) is 11.4 Å². The van der Waals surface area contributed by atoms with Crippen LogP contribution in [0.3, 0.4) is 0 Å². The van der Waals surface area contributed by atoms with Crippen LogP contribution in [0.15, 0.2) is 84.4 Å². The number of halogens is 2. The van der Waals surface area contributed by atoms with Crippen molar-refractivity contribution in [2.75, 3.05) is 12.4 Å². The van der Waals surface area contributed by atoms with Crippen LogP contribution in [0.5, 0.6) is 11.5 Å². The number of para-hydroxylation sites is 2. The van der Waals surface area contributed by atoms with Gasteiger partial charge in [0.25, 0.3) is 5.91 Å². The second kappa shape index (κ2) is 11.0. The standard InChI is InChI=1S/C28H20Cl2N2O3/c1-34-25-14-5-9-19(15-21(16-31)28(33)32-26-23(29)12-6-13-24(26)30)27(25)35-17-20-10-4-8-18-7-2-3-11-22(18)20/h2-15H,17H2,1H3,(H,32,33)/b21-15+. The van der Waals surface area contributed by atoms with Gasteiger partial charge in [0.2, 0.25) is 0 Å². The molecule has 0 aliphatic heterocycles. The van der Waals surface area contributed by atoms with Gasteiger partial charge in [0.05, 0.1) is 22.8 Å². The largest absolute Gasteiger partial charge is 0.493 e. The number of amides is 1. The molecular weight excluding hydrogens is 483 g/mol. The molecule has 5 nitrogen and oxygen atoms in total. The molecule has 1 amide bonds. The first-order valence-electron chi connectivity index (χ1n) is 10.7. The van der Waals surface area contributed by atoms with Crippen LogP contribution in [-0.4, -0.2) is 13.0 Å². The number of nitriles is 1. The minimum atomic E-state index is -0.648. The van der Waals surface area contributed by atoms with Crippen LogP contribution in [0, 0.1) is 11.3 Å². The molecular formula is C28H20Cl2N2O3. The summed E-state index contributed by atoms with van der Waals surface area (Å²) in [4.78, 5) is 12.9. The summed E-state index contributed by atoms with van der Waals surface area (Å²) >= 11 is 12.3. The van der Waals surface area contributed by atoms with Crippen molar-refractivity contribution in [2.45, 2.75) is 6.61 Å². The Morgan fingerprint density at radius 2 is 1.66 bits per heavy atom. The molecule has 0 saturated carbocycles. The second-order valence-corrected chi connectivity index (χ2v) is 8.34. The lowest BCUT2D eigenvalue weighted by Crippen LogP contribution is -2.14. The molecule has 1 N–H and O–H groups in total. The molecule has 0 fully saturated rings. The van der Waals surface area contributed by atoms with E-state index >= 15 is 0 Å². The first kappa shape index (κ1) is 24.2. The number of carbonyl (C=O) groups excluding carboxylic acids is 1. The highest BCUT2D eigenvalue weighted by Gasteiger charge is 2.17. The fourth-order valence-electron chi connectivity index (χ4n) is 3.63. The minimum absolute atomic E-state index is 0.149. The van der Waals surface area contributed by atoms with Gasteiger partial charge in [-0.1, -0.05) is 83.9 Å². The van der Waals surface area contributed by atoms with Gasteiger partial charge in [0.1, 0.15) is 18.2 Å². The van der Waals surface area contributed by atoms with Crippen LogP contribution in [0.2, 0.25) is 10.0 Å². The van der Waals surface area contributed by atoms with Gasteiger partial charge >= 0.3 is 0 Å². The summed E-state index contributed by atoms with van der Waals surface area (Å²) in [6, 6.07) is 26.1. The molecule has 0 aliphatic rings. The molecule has 0 atom stereocenters. The number of rotatable bonds is 7. The van der Waals surface area contributed by atoms with Gasteiger partial charge < -0.3 is 14.8 Å². The van der Waals surface area contributed by atoms with Crippen molar-refractivity contribution in [1.82, 2.24) is 0 Å². The molecule has 0 saturated heterocycles. The maximum atomic E-state index is 12.9. The summed E-state index contributed by atoms with van der Waals surface area (Å²) in [6.07, 6.45) is 1.45. The van der Waals surface area contributed by atoms with Crippen molar-refractivity contribution in [3.8, 4) is 17.6 Å². The monoisotopic (exact) mass is 502 g/mol. The van der Waals surface area contributed by atoms with Gasteiger partial charge in [-0.2, -0.15) is 5.26 Å². The normalized spacial score (nSPS) is 11.1. The number of nitrogens with one attached hydrogen (secondary N) is 1. The third kappa shape index (κ3) is 5.41. The Balaban J connectivity index is 1.65. The smallest absolute Gasteiger partial charge is 0.266 e. The molecule has 0 unspecified atom stereocenters. The Morgan fingerprint density at radius 3 is 2.40 bits per heavy atom. The quantitative estimate of drug-likeness (QED) is 0.213. The van der Waals surface area contributed by atoms with E-state index in [1.807, 2.05) is 48.5 Å². The summed E-state index contributed by atoms with van der Waals surface area (Å²) in [5.41, 5.74) is 1.60. The predicted octanol–water partition coefficient (Wildman–Crippen LogP) is 7.28. The van der Waals surface area contributed by atoms with E-state index in [4.69, 9.17) is 32.7 Å². The Morgan fingerprint density at radius 1 is 0.971 bits per heavy atom. The number of hydrogen-bond acceptors (Lipinski definition) is 4. The van der Waals surface area contributed by atoms with Gasteiger partial charge in [-0.3, -0.25) is 4.79 Å². The number of ether oxygens (including phenoxy) is 2. The van der Waals surface area contributed by atoms with Crippen molar-refractivity contribution in [3.63, 3.8) is 0 Å². The highest BCUT2D eigenvalue weighted by Crippen LogP contribution is 2.35. The van der Waals surface area contributed by atoms with Crippen LogP contribution in [0.1, 0.15) is 11.1 Å². The number of benzene rings is 4. The van der Waals surface area contributed by atoms with Crippen molar-refractivity contribution in [2.24, 2.45) is 0 Å².